The number of aryl methyl sites for hydroxylation is 1. The van der Waals surface area contributed by atoms with Gasteiger partial charge in [-0.3, -0.25) is 0 Å². The zero-order valence-electron chi connectivity index (χ0n) is 9.42. The highest BCUT2D eigenvalue weighted by Crippen LogP contribution is 2.18. The summed E-state index contributed by atoms with van der Waals surface area (Å²) in [5.74, 6) is -0.306. The van der Waals surface area contributed by atoms with Crippen LogP contribution in [-0.4, -0.2) is 17.7 Å². The van der Waals surface area contributed by atoms with Gasteiger partial charge in [0.15, 0.2) is 0 Å². The highest BCUT2D eigenvalue weighted by atomic mass is 19.1. The predicted octanol–water partition coefficient (Wildman–Crippen LogP) is 2.17. The van der Waals surface area contributed by atoms with Crippen molar-refractivity contribution in [3.63, 3.8) is 0 Å². The average Bonchev–Trinajstić information content (AvgIpc) is 2.18. The van der Waals surface area contributed by atoms with E-state index in [2.05, 4.69) is 5.32 Å². The Morgan fingerprint density at radius 2 is 2.07 bits per heavy atom. The lowest BCUT2D eigenvalue weighted by Crippen LogP contribution is -2.28. The molecular formula is C12H18FNO. The van der Waals surface area contributed by atoms with E-state index in [1.54, 1.807) is 6.07 Å². The van der Waals surface area contributed by atoms with Crippen molar-refractivity contribution >= 4 is 0 Å². The molecule has 1 atom stereocenters. The highest BCUT2D eigenvalue weighted by Gasteiger charge is 2.11. The third kappa shape index (κ3) is 3.61. The number of hydrogen-bond acceptors (Lipinski definition) is 2. The highest BCUT2D eigenvalue weighted by molar-refractivity contribution is 5.28. The van der Waals surface area contributed by atoms with Gasteiger partial charge in [0.2, 0.25) is 0 Å². The summed E-state index contributed by atoms with van der Waals surface area (Å²) in [5, 5.41) is 13.0. The SMILES string of the molecule is Cc1ccc(F)cc1C(O)CNC(C)C. The van der Waals surface area contributed by atoms with Crippen molar-refractivity contribution in [3.8, 4) is 0 Å². The molecule has 2 N–H and O–H groups in total. The number of rotatable bonds is 4. The maximum atomic E-state index is 13.0. The summed E-state index contributed by atoms with van der Waals surface area (Å²) in [5.41, 5.74) is 1.57. The van der Waals surface area contributed by atoms with Gasteiger partial charge in [-0.15, -0.1) is 0 Å². The molecule has 0 saturated carbocycles. The molecule has 1 aromatic rings. The Morgan fingerprint density at radius 3 is 2.67 bits per heavy atom. The van der Waals surface area contributed by atoms with E-state index in [1.165, 1.54) is 12.1 Å². The summed E-state index contributed by atoms with van der Waals surface area (Å²) in [6, 6.07) is 4.79. The van der Waals surface area contributed by atoms with Crippen LogP contribution in [0.3, 0.4) is 0 Å². The van der Waals surface area contributed by atoms with Crippen molar-refractivity contribution in [2.24, 2.45) is 0 Å². The fourth-order valence-corrected chi connectivity index (χ4v) is 1.43. The number of hydrogen-bond donors (Lipinski definition) is 2. The monoisotopic (exact) mass is 211 g/mol. The van der Waals surface area contributed by atoms with E-state index < -0.39 is 6.10 Å². The van der Waals surface area contributed by atoms with E-state index in [4.69, 9.17) is 0 Å². The van der Waals surface area contributed by atoms with Crippen molar-refractivity contribution in [1.29, 1.82) is 0 Å². The van der Waals surface area contributed by atoms with E-state index in [1.807, 2.05) is 20.8 Å². The van der Waals surface area contributed by atoms with E-state index in [9.17, 15) is 9.50 Å². The Labute approximate surface area is 90.1 Å². The minimum absolute atomic E-state index is 0.306. The average molecular weight is 211 g/mol. The molecule has 0 radical (unpaired) electrons. The molecule has 15 heavy (non-hydrogen) atoms. The third-order valence-corrected chi connectivity index (χ3v) is 2.32. The number of aliphatic hydroxyl groups is 1. The summed E-state index contributed by atoms with van der Waals surface area (Å²) in [6.45, 7) is 6.33. The molecule has 0 spiro atoms. The smallest absolute Gasteiger partial charge is 0.123 e. The normalized spacial score (nSPS) is 13.2. The van der Waals surface area contributed by atoms with E-state index in [0.29, 0.717) is 18.2 Å². The van der Waals surface area contributed by atoms with Crippen LogP contribution in [0.25, 0.3) is 0 Å². The van der Waals surface area contributed by atoms with Crippen molar-refractivity contribution in [3.05, 3.63) is 35.1 Å². The molecule has 0 aromatic heterocycles. The van der Waals surface area contributed by atoms with Crippen molar-refractivity contribution < 1.29 is 9.50 Å². The van der Waals surface area contributed by atoms with Gasteiger partial charge >= 0.3 is 0 Å². The van der Waals surface area contributed by atoms with Gasteiger partial charge in [0.1, 0.15) is 5.82 Å². The predicted molar refractivity (Wildman–Crippen MR) is 59.2 cm³/mol. The minimum Gasteiger partial charge on any atom is -0.387 e. The molecule has 0 fully saturated rings. The molecule has 0 heterocycles. The van der Waals surface area contributed by atoms with Gasteiger partial charge < -0.3 is 10.4 Å². The van der Waals surface area contributed by atoms with Crippen LogP contribution >= 0.6 is 0 Å². The first-order valence-electron chi connectivity index (χ1n) is 5.18. The lowest BCUT2D eigenvalue weighted by atomic mass is 10.0. The number of nitrogens with one attached hydrogen (secondary N) is 1. The minimum atomic E-state index is -0.650. The molecule has 0 amide bonds. The van der Waals surface area contributed by atoms with E-state index in [-0.39, 0.29) is 5.82 Å². The molecule has 0 saturated heterocycles. The summed E-state index contributed by atoms with van der Waals surface area (Å²) in [7, 11) is 0. The van der Waals surface area contributed by atoms with Gasteiger partial charge in [-0.2, -0.15) is 0 Å². The van der Waals surface area contributed by atoms with Crippen LogP contribution in [0.1, 0.15) is 31.1 Å². The second-order valence-corrected chi connectivity index (χ2v) is 4.08. The third-order valence-electron chi connectivity index (χ3n) is 2.32. The quantitative estimate of drug-likeness (QED) is 0.800. The summed E-state index contributed by atoms with van der Waals surface area (Å²) >= 11 is 0. The summed E-state index contributed by atoms with van der Waals surface area (Å²) in [4.78, 5) is 0. The van der Waals surface area contributed by atoms with Gasteiger partial charge in [-0.25, -0.2) is 4.39 Å². The number of halogens is 1. The summed E-state index contributed by atoms with van der Waals surface area (Å²) < 4.78 is 13.0. The van der Waals surface area contributed by atoms with Gasteiger partial charge in [-0.05, 0) is 30.2 Å². The molecule has 1 aromatic carbocycles. The molecule has 1 unspecified atom stereocenters. The number of aliphatic hydroxyl groups excluding tert-OH is 1. The second kappa shape index (κ2) is 5.24. The second-order valence-electron chi connectivity index (χ2n) is 4.08. The fraction of sp³-hybridized carbons (Fsp3) is 0.500. The lowest BCUT2D eigenvalue weighted by Gasteiger charge is -2.16. The van der Waals surface area contributed by atoms with E-state index >= 15 is 0 Å². The van der Waals surface area contributed by atoms with Crippen LogP contribution in [0.4, 0.5) is 4.39 Å². The zero-order valence-corrected chi connectivity index (χ0v) is 9.42. The molecule has 0 aliphatic heterocycles. The van der Waals surface area contributed by atoms with Gasteiger partial charge in [0, 0.05) is 12.6 Å². The largest absolute Gasteiger partial charge is 0.387 e. The molecule has 0 bridgehead atoms. The van der Waals surface area contributed by atoms with Crippen LogP contribution < -0.4 is 5.32 Å². The van der Waals surface area contributed by atoms with Crippen molar-refractivity contribution in [2.75, 3.05) is 6.54 Å². The Morgan fingerprint density at radius 1 is 1.40 bits per heavy atom. The molecule has 0 aliphatic carbocycles. The lowest BCUT2D eigenvalue weighted by molar-refractivity contribution is 0.170. The maximum absolute atomic E-state index is 13.0. The maximum Gasteiger partial charge on any atom is 0.123 e. The van der Waals surface area contributed by atoms with Crippen molar-refractivity contribution in [1.82, 2.24) is 5.32 Å². The first-order valence-corrected chi connectivity index (χ1v) is 5.18. The van der Waals surface area contributed by atoms with Gasteiger partial charge in [0.05, 0.1) is 6.10 Å². The Bertz CT molecular complexity index is 325. The van der Waals surface area contributed by atoms with E-state index in [0.717, 1.165) is 5.56 Å². The van der Waals surface area contributed by atoms with Crippen molar-refractivity contribution in [2.45, 2.75) is 32.9 Å². The summed E-state index contributed by atoms with van der Waals surface area (Å²) in [6.07, 6.45) is -0.650. The molecule has 2 nitrogen and oxygen atoms in total. The van der Waals surface area contributed by atoms with Crippen LogP contribution in [-0.2, 0) is 0 Å². The molecular weight excluding hydrogens is 193 g/mol. The van der Waals surface area contributed by atoms with Crippen LogP contribution in [0.2, 0.25) is 0 Å². The Kier molecular flexibility index (Phi) is 4.24. The van der Waals surface area contributed by atoms with Crippen LogP contribution in [0, 0.1) is 12.7 Å². The topological polar surface area (TPSA) is 32.3 Å². The zero-order chi connectivity index (χ0) is 11.4. The Balaban J connectivity index is 2.72. The molecule has 0 aliphatic rings. The van der Waals surface area contributed by atoms with Gasteiger partial charge in [0.25, 0.3) is 0 Å². The number of benzene rings is 1. The standard InChI is InChI=1S/C12H18FNO/c1-8(2)14-7-12(15)11-6-10(13)5-4-9(11)3/h4-6,8,12,14-15H,7H2,1-3H3. The first kappa shape index (κ1) is 12.1. The fourth-order valence-electron chi connectivity index (χ4n) is 1.43. The molecule has 3 heteroatoms. The molecule has 1 rings (SSSR count). The van der Waals surface area contributed by atoms with Crippen LogP contribution in [0.5, 0.6) is 0 Å². The molecule has 84 valence electrons. The first-order chi connectivity index (χ1) is 7.00. The van der Waals surface area contributed by atoms with Gasteiger partial charge in [-0.1, -0.05) is 19.9 Å². The Hall–Kier alpha value is -0.930. The van der Waals surface area contributed by atoms with Crippen LogP contribution in [0.15, 0.2) is 18.2 Å².